The number of carbonyl (C=O) groups is 3. The van der Waals surface area contributed by atoms with Crippen LogP contribution < -0.4 is 9.80 Å². The second-order valence-corrected chi connectivity index (χ2v) is 8.13. The summed E-state index contributed by atoms with van der Waals surface area (Å²) < 4.78 is 4.74. The van der Waals surface area contributed by atoms with E-state index in [4.69, 9.17) is 4.74 Å². The third-order valence-corrected chi connectivity index (χ3v) is 6.02. The fraction of sp³-hybridized carbons (Fsp3) is 0.222. The van der Waals surface area contributed by atoms with Crippen LogP contribution in [-0.2, 0) is 9.53 Å². The van der Waals surface area contributed by atoms with Crippen LogP contribution in [-0.4, -0.2) is 30.9 Å². The lowest BCUT2D eigenvalue weighted by atomic mass is 9.89. The fourth-order valence-electron chi connectivity index (χ4n) is 4.51. The molecular weight excluding hydrogens is 416 g/mol. The van der Waals surface area contributed by atoms with Gasteiger partial charge in [0.15, 0.2) is 0 Å². The third-order valence-electron chi connectivity index (χ3n) is 6.02. The van der Waals surface area contributed by atoms with Crippen molar-refractivity contribution in [3.05, 3.63) is 95.6 Å². The molecule has 3 aromatic rings. The maximum atomic E-state index is 13.5. The fourth-order valence-corrected chi connectivity index (χ4v) is 4.51. The first kappa shape index (κ1) is 22.3. The number of benzene rings is 3. The molecular formula is C27H26N2O4. The Labute approximate surface area is 193 Å². The van der Waals surface area contributed by atoms with Gasteiger partial charge in [-0.15, -0.1) is 0 Å². The smallest absolute Gasteiger partial charge is 0.337 e. The highest BCUT2D eigenvalue weighted by Crippen LogP contribution is 2.42. The van der Waals surface area contributed by atoms with E-state index in [2.05, 4.69) is 0 Å². The summed E-state index contributed by atoms with van der Waals surface area (Å²) in [6, 6.07) is 23.4. The van der Waals surface area contributed by atoms with E-state index >= 15 is 0 Å². The molecule has 168 valence electrons. The van der Waals surface area contributed by atoms with E-state index in [1.165, 1.54) is 7.11 Å². The van der Waals surface area contributed by atoms with E-state index in [9.17, 15) is 14.4 Å². The molecule has 0 saturated heterocycles. The van der Waals surface area contributed by atoms with Crippen LogP contribution in [0.3, 0.4) is 0 Å². The number of anilines is 2. The number of amides is 2. The summed E-state index contributed by atoms with van der Waals surface area (Å²) >= 11 is 0. The van der Waals surface area contributed by atoms with Gasteiger partial charge in [-0.3, -0.25) is 9.59 Å². The lowest BCUT2D eigenvalue weighted by Crippen LogP contribution is -2.47. The summed E-state index contributed by atoms with van der Waals surface area (Å²) in [5, 5.41) is 0. The summed E-state index contributed by atoms with van der Waals surface area (Å²) in [5.41, 5.74) is 3.41. The molecule has 1 aliphatic rings. The Morgan fingerprint density at radius 3 is 2.12 bits per heavy atom. The monoisotopic (exact) mass is 442 g/mol. The number of ether oxygens (including phenoxy) is 1. The molecule has 1 heterocycles. The quantitative estimate of drug-likeness (QED) is 0.533. The molecule has 0 radical (unpaired) electrons. The van der Waals surface area contributed by atoms with Crippen LogP contribution in [0.15, 0.2) is 78.9 Å². The first-order chi connectivity index (χ1) is 15.9. The summed E-state index contributed by atoms with van der Waals surface area (Å²) in [4.78, 5) is 41.6. The molecule has 0 bridgehead atoms. The van der Waals surface area contributed by atoms with E-state index < -0.39 is 5.97 Å². The minimum Gasteiger partial charge on any atom is -0.465 e. The number of nitrogens with zero attached hydrogens (tertiary/aromatic N) is 2. The van der Waals surface area contributed by atoms with Crippen molar-refractivity contribution in [2.75, 3.05) is 16.9 Å². The predicted octanol–water partition coefficient (Wildman–Crippen LogP) is 5.01. The van der Waals surface area contributed by atoms with Gasteiger partial charge in [-0.2, -0.15) is 0 Å². The second-order valence-electron chi connectivity index (χ2n) is 8.13. The Kier molecular flexibility index (Phi) is 6.27. The van der Waals surface area contributed by atoms with Crippen LogP contribution in [0.5, 0.6) is 0 Å². The Balaban J connectivity index is 1.72. The molecule has 0 saturated carbocycles. The molecule has 1 aliphatic heterocycles. The van der Waals surface area contributed by atoms with Crippen molar-refractivity contribution in [1.82, 2.24) is 0 Å². The standard InChI is InChI=1S/C27H26N2O4/c1-18-17-25(29(19(2)30)22-9-5-4-6-10-22)23-11-7-8-12-24(23)28(18)26(31)20-13-15-21(16-14-20)27(32)33-3/h4-16,18,25H,17H2,1-3H3/t18-,25+/m0/s1. The van der Waals surface area contributed by atoms with Crippen molar-refractivity contribution >= 4 is 29.2 Å². The van der Waals surface area contributed by atoms with Crippen LogP contribution in [0.2, 0.25) is 0 Å². The molecule has 6 heteroatoms. The first-order valence-electron chi connectivity index (χ1n) is 10.9. The minimum absolute atomic E-state index is 0.0496. The van der Waals surface area contributed by atoms with Gasteiger partial charge in [-0.25, -0.2) is 4.79 Å². The summed E-state index contributed by atoms with van der Waals surface area (Å²) in [7, 11) is 1.32. The Bertz CT molecular complexity index is 1170. The van der Waals surface area contributed by atoms with Crippen molar-refractivity contribution < 1.29 is 19.1 Å². The molecule has 0 spiro atoms. The average Bonchev–Trinajstić information content (AvgIpc) is 2.84. The normalized spacial score (nSPS) is 17.1. The van der Waals surface area contributed by atoms with Crippen molar-refractivity contribution in [1.29, 1.82) is 0 Å². The third kappa shape index (κ3) is 4.24. The molecule has 0 aliphatic carbocycles. The molecule has 0 aromatic heterocycles. The van der Waals surface area contributed by atoms with Gasteiger partial charge in [0.2, 0.25) is 5.91 Å². The number of fused-ring (bicyclic) bond motifs is 1. The average molecular weight is 443 g/mol. The number of para-hydroxylation sites is 2. The zero-order valence-corrected chi connectivity index (χ0v) is 18.9. The SMILES string of the molecule is COC(=O)c1ccc(C(=O)N2c3ccccc3[C@H](N(C(C)=O)c3ccccc3)C[C@@H]2C)cc1. The summed E-state index contributed by atoms with van der Waals surface area (Å²) in [5.74, 6) is -0.649. The van der Waals surface area contributed by atoms with Gasteiger partial charge in [0.05, 0.1) is 18.7 Å². The second kappa shape index (κ2) is 9.28. The molecule has 33 heavy (non-hydrogen) atoms. The van der Waals surface area contributed by atoms with Crippen molar-refractivity contribution in [2.45, 2.75) is 32.4 Å². The minimum atomic E-state index is -0.446. The number of hydrogen-bond donors (Lipinski definition) is 0. The van der Waals surface area contributed by atoms with E-state index in [1.807, 2.05) is 66.4 Å². The highest BCUT2D eigenvalue weighted by atomic mass is 16.5. The lowest BCUT2D eigenvalue weighted by Gasteiger charge is -2.43. The number of methoxy groups -OCH3 is 1. The van der Waals surface area contributed by atoms with Crippen molar-refractivity contribution in [3.63, 3.8) is 0 Å². The van der Waals surface area contributed by atoms with Gasteiger partial charge in [0, 0.05) is 29.9 Å². The van der Waals surface area contributed by atoms with Gasteiger partial charge in [0.25, 0.3) is 5.91 Å². The van der Waals surface area contributed by atoms with Gasteiger partial charge in [-0.05, 0) is 61.4 Å². The predicted molar refractivity (Wildman–Crippen MR) is 127 cm³/mol. The maximum absolute atomic E-state index is 13.5. The van der Waals surface area contributed by atoms with Crippen LogP contribution in [0.4, 0.5) is 11.4 Å². The molecule has 2 amide bonds. The molecule has 3 aromatic carbocycles. The summed E-state index contributed by atoms with van der Waals surface area (Å²) in [6.07, 6.45) is 0.595. The maximum Gasteiger partial charge on any atom is 0.337 e. The largest absolute Gasteiger partial charge is 0.465 e. The molecule has 2 atom stereocenters. The molecule has 6 nitrogen and oxygen atoms in total. The van der Waals surface area contributed by atoms with Gasteiger partial charge >= 0.3 is 5.97 Å². The van der Waals surface area contributed by atoms with E-state index in [-0.39, 0.29) is 23.9 Å². The van der Waals surface area contributed by atoms with Crippen molar-refractivity contribution in [2.24, 2.45) is 0 Å². The molecule has 0 N–H and O–H groups in total. The van der Waals surface area contributed by atoms with E-state index in [0.29, 0.717) is 17.5 Å². The first-order valence-corrected chi connectivity index (χ1v) is 10.9. The lowest BCUT2D eigenvalue weighted by molar-refractivity contribution is -0.117. The van der Waals surface area contributed by atoms with Crippen molar-refractivity contribution in [3.8, 4) is 0 Å². The van der Waals surface area contributed by atoms with E-state index in [1.54, 1.807) is 36.1 Å². The van der Waals surface area contributed by atoms with Crippen LogP contribution >= 0.6 is 0 Å². The van der Waals surface area contributed by atoms with Crippen LogP contribution in [0, 0.1) is 0 Å². The van der Waals surface area contributed by atoms with Crippen LogP contribution in [0.25, 0.3) is 0 Å². The van der Waals surface area contributed by atoms with Gasteiger partial charge in [0.1, 0.15) is 0 Å². The highest BCUT2D eigenvalue weighted by molar-refractivity contribution is 6.08. The number of hydrogen-bond acceptors (Lipinski definition) is 4. The number of carbonyl (C=O) groups excluding carboxylic acids is 3. The Morgan fingerprint density at radius 2 is 1.48 bits per heavy atom. The Hall–Kier alpha value is -3.93. The molecule has 0 fully saturated rings. The zero-order chi connectivity index (χ0) is 23.5. The topological polar surface area (TPSA) is 66.9 Å². The zero-order valence-electron chi connectivity index (χ0n) is 18.9. The van der Waals surface area contributed by atoms with Gasteiger partial charge in [-0.1, -0.05) is 36.4 Å². The van der Waals surface area contributed by atoms with Crippen LogP contribution in [0.1, 0.15) is 52.6 Å². The van der Waals surface area contributed by atoms with Gasteiger partial charge < -0.3 is 14.5 Å². The molecule has 0 unspecified atom stereocenters. The number of esters is 1. The molecule has 4 rings (SSSR count). The van der Waals surface area contributed by atoms with E-state index in [0.717, 1.165) is 16.9 Å². The highest BCUT2D eigenvalue weighted by Gasteiger charge is 2.38. The Morgan fingerprint density at radius 1 is 0.879 bits per heavy atom. The summed E-state index contributed by atoms with van der Waals surface area (Å²) in [6.45, 7) is 3.56. The number of rotatable bonds is 4.